The number of piperazine rings is 2. The summed E-state index contributed by atoms with van der Waals surface area (Å²) in [6.07, 6.45) is 4.33. The standard InChI is InChI=1S/C22H32N6O/c1-18-4-3-5-19(16-18)27-14-12-26(13-15-27)9-6-21(29)28-11-7-23-17-20(28)22-24-8-10-25(22)2/h3-5,8,10,16,20,23H,6-7,9,11-15,17H2,1-2H3. The highest BCUT2D eigenvalue weighted by Gasteiger charge is 2.30. The van der Waals surface area contributed by atoms with Crippen LogP contribution in [0.25, 0.3) is 0 Å². The summed E-state index contributed by atoms with van der Waals surface area (Å²) in [7, 11) is 1.99. The number of aromatic nitrogens is 2. The van der Waals surface area contributed by atoms with E-state index in [1.165, 1.54) is 11.3 Å². The highest BCUT2D eigenvalue weighted by molar-refractivity contribution is 5.77. The lowest BCUT2D eigenvalue weighted by Crippen LogP contribution is -2.51. The summed E-state index contributed by atoms with van der Waals surface area (Å²) in [6.45, 7) is 9.38. The number of nitrogens with one attached hydrogen (secondary N) is 1. The van der Waals surface area contributed by atoms with Gasteiger partial charge in [0, 0.05) is 83.9 Å². The van der Waals surface area contributed by atoms with Gasteiger partial charge in [0.15, 0.2) is 0 Å². The molecule has 2 saturated heterocycles. The number of carbonyl (C=O) groups is 1. The van der Waals surface area contributed by atoms with Gasteiger partial charge in [-0.3, -0.25) is 9.69 Å². The number of carbonyl (C=O) groups excluding carboxylic acids is 1. The van der Waals surface area contributed by atoms with Gasteiger partial charge in [-0.15, -0.1) is 0 Å². The largest absolute Gasteiger partial charge is 0.369 e. The molecule has 4 rings (SSSR count). The van der Waals surface area contributed by atoms with Crippen LogP contribution in [0.4, 0.5) is 5.69 Å². The van der Waals surface area contributed by atoms with Crippen molar-refractivity contribution in [3.05, 3.63) is 48.0 Å². The molecule has 2 aliphatic heterocycles. The number of aryl methyl sites for hydroxylation is 2. The molecular weight excluding hydrogens is 364 g/mol. The van der Waals surface area contributed by atoms with Crippen molar-refractivity contribution in [3.63, 3.8) is 0 Å². The Bertz CT molecular complexity index is 826. The van der Waals surface area contributed by atoms with Crippen molar-refractivity contribution >= 4 is 11.6 Å². The van der Waals surface area contributed by atoms with Gasteiger partial charge in [0.1, 0.15) is 11.9 Å². The van der Waals surface area contributed by atoms with E-state index in [4.69, 9.17) is 0 Å². The lowest BCUT2D eigenvalue weighted by atomic mass is 10.1. The SMILES string of the molecule is Cc1cccc(N2CCN(CCC(=O)N3CCNCC3c3nccn3C)CC2)c1. The van der Waals surface area contributed by atoms with Crippen molar-refractivity contribution in [1.82, 2.24) is 24.7 Å². The zero-order chi connectivity index (χ0) is 20.2. The molecule has 0 aliphatic carbocycles. The topological polar surface area (TPSA) is 56.6 Å². The number of nitrogens with zero attached hydrogens (tertiary/aromatic N) is 5. The van der Waals surface area contributed by atoms with Crippen LogP contribution in [0.1, 0.15) is 23.9 Å². The Labute approximate surface area is 173 Å². The van der Waals surface area contributed by atoms with Gasteiger partial charge in [-0.1, -0.05) is 12.1 Å². The van der Waals surface area contributed by atoms with Crippen molar-refractivity contribution in [1.29, 1.82) is 0 Å². The van der Waals surface area contributed by atoms with Crippen LogP contribution in [-0.4, -0.2) is 77.6 Å². The minimum Gasteiger partial charge on any atom is -0.369 e. The number of hydrogen-bond acceptors (Lipinski definition) is 5. The van der Waals surface area contributed by atoms with Crippen LogP contribution in [0.3, 0.4) is 0 Å². The first-order valence-electron chi connectivity index (χ1n) is 10.6. The Kier molecular flexibility index (Phi) is 6.16. The summed E-state index contributed by atoms with van der Waals surface area (Å²) in [6, 6.07) is 8.73. The molecule has 0 radical (unpaired) electrons. The van der Waals surface area contributed by atoms with E-state index in [2.05, 4.69) is 51.3 Å². The highest BCUT2D eigenvalue weighted by Crippen LogP contribution is 2.22. The van der Waals surface area contributed by atoms with Crippen molar-refractivity contribution < 1.29 is 4.79 Å². The average molecular weight is 397 g/mol. The summed E-state index contributed by atoms with van der Waals surface area (Å²) < 4.78 is 2.02. The maximum Gasteiger partial charge on any atom is 0.224 e. The highest BCUT2D eigenvalue weighted by atomic mass is 16.2. The number of amides is 1. The molecule has 7 nitrogen and oxygen atoms in total. The van der Waals surface area contributed by atoms with E-state index in [1.807, 2.05) is 22.7 Å². The minimum absolute atomic E-state index is 0.0226. The Morgan fingerprint density at radius 3 is 2.76 bits per heavy atom. The molecule has 1 aromatic carbocycles. The van der Waals surface area contributed by atoms with Gasteiger partial charge in [0.2, 0.25) is 5.91 Å². The average Bonchev–Trinajstić information content (AvgIpc) is 3.18. The van der Waals surface area contributed by atoms with E-state index in [0.717, 1.165) is 58.2 Å². The molecular formula is C22H32N6O. The molecule has 2 fully saturated rings. The summed E-state index contributed by atoms with van der Waals surface area (Å²) in [5, 5.41) is 3.40. The lowest BCUT2D eigenvalue weighted by Gasteiger charge is -2.38. The third-order valence-corrected chi connectivity index (χ3v) is 6.10. The van der Waals surface area contributed by atoms with Crippen LogP contribution in [0.15, 0.2) is 36.7 Å². The smallest absolute Gasteiger partial charge is 0.224 e. The molecule has 156 valence electrons. The fourth-order valence-corrected chi connectivity index (χ4v) is 4.38. The van der Waals surface area contributed by atoms with E-state index in [0.29, 0.717) is 6.42 Å². The first kappa shape index (κ1) is 19.9. The van der Waals surface area contributed by atoms with Gasteiger partial charge in [-0.05, 0) is 24.6 Å². The Morgan fingerprint density at radius 1 is 1.21 bits per heavy atom. The summed E-state index contributed by atoms with van der Waals surface area (Å²) >= 11 is 0. The van der Waals surface area contributed by atoms with Crippen LogP contribution in [0.2, 0.25) is 0 Å². The van der Waals surface area contributed by atoms with Gasteiger partial charge in [-0.25, -0.2) is 4.98 Å². The van der Waals surface area contributed by atoms with Gasteiger partial charge < -0.3 is 19.7 Å². The summed E-state index contributed by atoms with van der Waals surface area (Å²) in [5.41, 5.74) is 2.60. The Balaban J connectivity index is 1.29. The molecule has 29 heavy (non-hydrogen) atoms. The second-order valence-corrected chi connectivity index (χ2v) is 8.12. The number of anilines is 1. The minimum atomic E-state index is 0.0226. The van der Waals surface area contributed by atoms with Crippen molar-refractivity contribution in [2.45, 2.75) is 19.4 Å². The molecule has 1 atom stereocenters. The third kappa shape index (κ3) is 4.62. The molecule has 2 aromatic rings. The molecule has 0 saturated carbocycles. The fraction of sp³-hybridized carbons (Fsp3) is 0.545. The molecule has 0 bridgehead atoms. The van der Waals surface area contributed by atoms with E-state index >= 15 is 0 Å². The maximum absolute atomic E-state index is 13.0. The first-order chi connectivity index (χ1) is 14.1. The molecule has 3 heterocycles. The lowest BCUT2D eigenvalue weighted by molar-refractivity contribution is -0.135. The molecule has 1 aromatic heterocycles. The predicted molar refractivity (Wildman–Crippen MR) is 115 cm³/mol. The van der Waals surface area contributed by atoms with Crippen LogP contribution < -0.4 is 10.2 Å². The quantitative estimate of drug-likeness (QED) is 0.828. The summed E-state index contributed by atoms with van der Waals surface area (Å²) in [4.78, 5) is 24.4. The van der Waals surface area contributed by atoms with E-state index in [-0.39, 0.29) is 11.9 Å². The Morgan fingerprint density at radius 2 is 2.03 bits per heavy atom. The van der Waals surface area contributed by atoms with Gasteiger partial charge >= 0.3 is 0 Å². The molecule has 2 aliphatic rings. The summed E-state index contributed by atoms with van der Waals surface area (Å²) in [5.74, 6) is 1.19. The van der Waals surface area contributed by atoms with E-state index in [1.54, 1.807) is 6.20 Å². The molecule has 1 N–H and O–H groups in total. The van der Waals surface area contributed by atoms with Crippen LogP contribution >= 0.6 is 0 Å². The zero-order valence-corrected chi connectivity index (χ0v) is 17.5. The molecule has 0 spiro atoms. The number of benzene rings is 1. The van der Waals surface area contributed by atoms with Gasteiger partial charge in [-0.2, -0.15) is 0 Å². The Hall–Kier alpha value is -2.38. The maximum atomic E-state index is 13.0. The number of rotatable bonds is 5. The monoisotopic (exact) mass is 396 g/mol. The first-order valence-corrected chi connectivity index (χ1v) is 10.6. The van der Waals surface area contributed by atoms with Crippen LogP contribution in [-0.2, 0) is 11.8 Å². The van der Waals surface area contributed by atoms with E-state index < -0.39 is 0 Å². The number of imidazole rings is 1. The molecule has 1 unspecified atom stereocenters. The molecule has 1 amide bonds. The molecule has 7 heteroatoms. The second kappa shape index (κ2) is 8.97. The van der Waals surface area contributed by atoms with Crippen LogP contribution in [0.5, 0.6) is 0 Å². The van der Waals surface area contributed by atoms with Crippen molar-refractivity contribution in [2.75, 3.05) is 57.3 Å². The zero-order valence-electron chi connectivity index (χ0n) is 17.5. The number of hydrogen-bond donors (Lipinski definition) is 1. The van der Waals surface area contributed by atoms with Crippen molar-refractivity contribution in [2.24, 2.45) is 7.05 Å². The fourth-order valence-electron chi connectivity index (χ4n) is 4.38. The van der Waals surface area contributed by atoms with E-state index in [9.17, 15) is 4.79 Å². The van der Waals surface area contributed by atoms with Crippen LogP contribution in [0, 0.1) is 6.92 Å². The van der Waals surface area contributed by atoms with Crippen molar-refractivity contribution in [3.8, 4) is 0 Å². The predicted octanol–water partition coefficient (Wildman–Crippen LogP) is 1.41. The normalized spacial score (nSPS) is 20.8. The third-order valence-electron chi connectivity index (χ3n) is 6.10. The second-order valence-electron chi connectivity index (χ2n) is 8.12. The van der Waals surface area contributed by atoms with Gasteiger partial charge in [0.25, 0.3) is 0 Å². The van der Waals surface area contributed by atoms with Gasteiger partial charge in [0.05, 0.1) is 0 Å².